The van der Waals surface area contributed by atoms with Crippen molar-refractivity contribution >= 4 is 15.9 Å². The van der Waals surface area contributed by atoms with Crippen molar-refractivity contribution in [2.24, 2.45) is 0 Å². The summed E-state index contributed by atoms with van der Waals surface area (Å²) in [6.45, 7) is 7.65. The minimum atomic E-state index is -0.618. The molecule has 0 aliphatic carbocycles. The maximum atomic E-state index is 13.7. The molecule has 0 aliphatic heterocycles. The third-order valence-electron chi connectivity index (χ3n) is 3.07. The first kappa shape index (κ1) is 16.1. The predicted molar refractivity (Wildman–Crippen MR) is 78.2 cm³/mol. The Balaban J connectivity index is 2.64. The largest absolute Gasteiger partial charge is 0.303 e. The number of nitrogens with zero attached hydrogens (tertiary/aromatic N) is 2. The highest BCUT2D eigenvalue weighted by atomic mass is 79.9. The van der Waals surface area contributed by atoms with Gasteiger partial charge in [0.25, 0.3) is 0 Å². The molecule has 0 aromatic heterocycles. The van der Waals surface area contributed by atoms with Gasteiger partial charge in [-0.2, -0.15) is 5.26 Å². The minimum absolute atomic E-state index is 0.356. The van der Waals surface area contributed by atoms with Gasteiger partial charge in [0, 0.05) is 23.1 Å². The fourth-order valence-corrected chi connectivity index (χ4v) is 2.25. The number of nitrogens with one attached hydrogen (secondary N) is 1. The zero-order valence-electron chi connectivity index (χ0n) is 11.3. The average molecular weight is 328 g/mol. The molecular weight excluding hydrogens is 309 g/mol. The number of hydrogen-bond donors (Lipinski definition) is 1. The van der Waals surface area contributed by atoms with Crippen LogP contribution in [0, 0.1) is 17.1 Å². The Morgan fingerprint density at radius 2 is 2.11 bits per heavy atom. The number of nitriles is 1. The molecule has 19 heavy (non-hydrogen) atoms. The van der Waals surface area contributed by atoms with Gasteiger partial charge in [0.05, 0.1) is 6.07 Å². The molecule has 1 atom stereocenters. The molecule has 0 saturated heterocycles. The Hall–Kier alpha value is -0.960. The third kappa shape index (κ3) is 4.90. The molecule has 0 fully saturated rings. The summed E-state index contributed by atoms with van der Waals surface area (Å²) in [4.78, 5) is 2.25. The number of halogens is 2. The highest BCUT2D eigenvalue weighted by molar-refractivity contribution is 9.10. The lowest BCUT2D eigenvalue weighted by atomic mass is 10.1. The SMILES string of the molecule is CCN(CC)CCNC(C#N)c1cc(Br)ccc1F. The van der Waals surface area contributed by atoms with Crippen LogP contribution in [0.15, 0.2) is 22.7 Å². The topological polar surface area (TPSA) is 39.1 Å². The summed E-state index contributed by atoms with van der Waals surface area (Å²) in [6, 6.07) is 6.13. The molecule has 1 unspecified atom stereocenters. The van der Waals surface area contributed by atoms with Gasteiger partial charge in [0.2, 0.25) is 0 Å². The number of benzene rings is 1. The lowest BCUT2D eigenvalue weighted by Gasteiger charge is -2.20. The first-order chi connectivity index (χ1) is 9.12. The molecule has 0 radical (unpaired) electrons. The Kier molecular flexibility index (Phi) is 7.00. The fraction of sp³-hybridized carbons (Fsp3) is 0.500. The molecule has 1 rings (SSSR count). The second-order valence-corrected chi connectivity index (χ2v) is 5.12. The van der Waals surface area contributed by atoms with E-state index in [9.17, 15) is 4.39 Å². The fourth-order valence-electron chi connectivity index (χ4n) is 1.87. The molecule has 0 bridgehead atoms. The molecule has 0 spiro atoms. The maximum Gasteiger partial charge on any atom is 0.129 e. The molecule has 0 saturated carbocycles. The quantitative estimate of drug-likeness (QED) is 0.836. The van der Waals surface area contributed by atoms with E-state index in [0.29, 0.717) is 12.1 Å². The van der Waals surface area contributed by atoms with E-state index in [1.807, 2.05) is 0 Å². The van der Waals surface area contributed by atoms with Crippen molar-refractivity contribution in [3.63, 3.8) is 0 Å². The van der Waals surface area contributed by atoms with Crippen molar-refractivity contribution in [3.8, 4) is 6.07 Å². The Labute approximate surface area is 122 Å². The van der Waals surface area contributed by atoms with Crippen molar-refractivity contribution in [3.05, 3.63) is 34.1 Å². The highest BCUT2D eigenvalue weighted by Gasteiger charge is 2.15. The molecule has 1 aromatic rings. The highest BCUT2D eigenvalue weighted by Crippen LogP contribution is 2.21. The number of rotatable bonds is 7. The van der Waals surface area contributed by atoms with Gasteiger partial charge in [-0.05, 0) is 31.3 Å². The monoisotopic (exact) mass is 327 g/mol. The van der Waals surface area contributed by atoms with Gasteiger partial charge in [-0.25, -0.2) is 4.39 Å². The van der Waals surface area contributed by atoms with Crippen LogP contribution >= 0.6 is 15.9 Å². The summed E-state index contributed by atoms with van der Waals surface area (Å²) in [5.41, 5.74) is 0.386. The second kappa shape index (κ2) is 8.26. The third-order valence-corrected chi connectivity index (χ3v) is 3.56. The van der Waals surface area contributed by atoms with E-state index in [-0.39, 0.29) is 5.82 Å². The van der Waals surface area contributed by atoms with Gasteiger partial charge >= 0.3 is 0 Å². The van der Waals surface area contributed by atoms with Crippen LogP contribution in [0.25, 0.3) is 0 Å². The summed E-state index contributed by atoms with van der Waals surface area (Å²) in [6.07, 6.45) is 0. The summed E-state index contributed by atoms with van der Waals surface area (Å²) < 4.78 is 14.5. The molecule has 1 N–H and O–H groups in total. The van der Waals surface area contributed by atoms with Crippen molar-refractivity contribution < 1.29 is 4.39 Å². The summed E-state index contributed by atoms with van der Waals surface area (Å²) in [5.74, 6) is -0.356. The second-order valence-electron chi connectivity index (χ2n) is 4.21. The average Bonchev–Trinajstić information content (AvgIpc) is 2.42. The van der Waals surface area contributed by atoms with Gasteiger partial charge in [0.15, 0.2) is 0 Å². The molecule has 0 heterocycles. The van der Waals surface area contributed by atoms with Gasteiger partial charge in [-0.3, -0.25) is 5.32 Å². The van der Waals surface area contributed by atoms with Crippen molar-refractivity contribution in [1.82, 2.24) is 10.2 Å². The van der Waals surface area contributed by atoms with Crippen molar-refractivity contribution in [1.29, 1.82) is 5.26 Å². The Bertz CT molecular complexity index is 441. The standard InChI is InChI=1S/C14H19BrFN3/c1-3-19(4-2)8-7-18-14(10-17)12-9-11(15)5-6-13(12)16/h5-6,9,14,18H,3-4,7-8H2,1-2H3. The summed E-state index contributed by atoms with van der Waals surface area (Å²) >= 11 is 3.30. The van der Waals surface area contributed by atoms with Gasteiger partial charge in [-0.1, -0.05) is 29.8 Å². The molecule has 0 amide bonds. The predicted octanol–water partition coefficient (Wildman–Crippen LogP) is 3.08. The normalized spacial score (nSPS) is 12.4. The van der Waals surface area contributed by atoms with Crippen LogP contribution in [0.2, 0.25) is 0 Å². The lowest BCUT2D eigenvalue weighted by molar-refractivity contribution is 0.300. The lowest BCUT2D eigenvalue weighted by Crippen LogP contribution is -2.33. The van der Waals surface area contributed by atoms with Crippen LogP contribution in [0.1, 0.15) is 25.5 Å². The van der Waals surface area contributed by atoms with Crippen LogP contribution < -0.4 is 5.32 Å². The smallest absolute Gasteiger partial charge is 0.129 e. The van der Waals surface area contributed by atoms with E-state index in [4.69, 9.17) is 5.26 Å². The zero-order chi connectivity index (χ0) is 14.3. The summed E-state index contributed by atoms with van der Waals surface area (Å²) in [7, 11) is 0. The van der Waals surface area contributed by atoms with Gasteiger partial charge in [-0.15, -0.1) is 0 Å². The van der Waals surface area contributed by atoms with Crippen molar-refractivity contribution in [2.75, 3.05) is 26.2 Å². The van der Waals surface area contributed by atoms with E-state index in [0.717, 1.165) is 24.1 Å². The van der Waals surface area contributed by atoms with Crippen molar-refractivity contribution in [2.45, 2.75) is 19.9 Å². The van der Waals surface area contributed by atoms with Crippen LogP contribution in [-0.4, -0.2) is 31.1 Å². The first-order valence-electron chi connectivity index (χ1n) is 6.42. The van der Waals surface area contributed by atoms with Gasteiger partial charge in [0.1, 0.15) is 11.9 Å². The molecule has 3 nitrogen and oxygen atoms in total. The Morgan fingerprint density at radius 1 is 1.42 bits per heavy atom. The van der Waals surface area contributed by atoms with E-state index in [1.54, 1.807) is 12.1 Å². The van der Waals surface area contributed by atoms with Crippen LogP contribution in [0.4, 0.5) is 4.39 Å². The summed E-state index contributed by atoms with van der Waals surface area (Å²) in [5, 5.41) is 12.3. The van der Waals surface area contributed by atoms with E-state index in [1.165, 1.54) is 6.07 Å². The molecule has 0 aliphatic rings. The first-order valence-corrected chi connectivity index (χ1v) is 7.22. The molecular formula is C14H19BrFN3. The number of hydrogen-bond acceptors (Lipinski definition) is 3. The van der Waals surface area contributed by atoms with Gasteiger partial charge < -0.3 is 4.90 Å². The maximum absolute atomic E-state index is 13.7. The molecule has 1 aromatic carbocycles. The van der Waals surface area contributed by atoms with Crippen LogP contribution in [0.5, 0.6) is 0 Å². The molecule has 104 valence electrons. The Morgan fingerprint density at radius 3 is 2.68 bits per heavy atom. The molecule has 5 heteroatoms. The van der Waals surface area contributed by atoms with Crippen LogP contribution in [-0.2, 0) is 0 Å². The van der Waals surface area contributed by atoms with Crippen LogP contribution in [0.3, 0.4) is 0 Å². The van der Waals surface area contributed by atoms with E-state index in [2.05, 4.69) is 46.1 Å². The van der Waals surface area contributed by atoms with E-state index >= 15 is 0 Å². The van der Waals surface area contributed by atoms with E-state index < -0.39 is 6.04 Å². The number of likely N-dealkylation sites (N-methyl/N-ethyl adjacent to an activating group) is 1. The minimum Gasteiger partial charge on any atom is -0.303 e. The zero-order valence-corrected chi connectivity index (χ0v) is 12.9.